The predicted octanol–water partition coefficient (Wildman–Crippen LogP) is 1.27. The third-order valence-electron chi connectivity index (χ3n) is 5.17. The van der Waals surface area contributed by atoms with Crippen molar-refractivity contribution in [3.8, 4) is 11.1 Å². The van der Waals surface area contributed by atoms with Crippen molar-refractivity contribution in [2.24, 2.45) is 0 Å². The van der Waals surface area contributed by atoms with Gasteiger partial charge in [-0.15, -0.1) is 16.7 Å². The van der Waals surface area contributed by atoms with Gasteiger partial charge in [-0.05, 0) is 18.9 Å². The van der Waals surface area contributed by atoms with Crippen molar-refractivity contribution in [3.63, 3.8) is 0 Å². The maximum atomic E-state index is 3.57. The molecule has 0 atom stereocenters. The SMILES string of the molecule is C[CH2][Ge][CH2]C.Cc1[c-]c2c(c(C)c1C)-c1c(C)cccc1C2.[Cl-].[Cl-].[Zr+4].c1cc[cH-]c1. The average Bonchev–Trinajstić information content (AvgIpc) is 3.33. The van der Waals surface area contributed by atoms with Gasteiger partial charge in [0, 0.05) is 0 Å². The minimum Gasteiger partial charge on any atom is -1.00 e. The van der Waals surface area contributed by atoms with Crippen molar-refractivity contribution in [2.75, 3.05) is 0 Å². The Morgan fingerprint density at radius 1 is 0.867 bits per heavy atom. The van der Waals surface area contributed by atoms with Gasteiger partial charge in [-0.1, -0.05) is 50.1 Å². The van der Waals surface area contributed by atoms with E-state index in [1.54, 1.807) is 0 Å². The van der Waals surface area contributed by atoms with E-state index in [9.17, 15) is 0 Å². The van der Waals surface area contributed by atoms with Crippen molar-refractivity contribution in [1.82, 2.24) is 0 Å². The van der Waals surface area contributed by atoms with Crippen LogP contribution >= 0.6 is 0 Å². The molecule has 3 aromatic rings. The molecule has 30 heavy (non-hydrogen) atoms. The van der Waals surface area contributed by atoms with Crippen LogP contribution in [-0.2, 0) is 32.6 Å². The van der Waals surface area contributed by atoms with E-state index in [-0.39, 0.29) is 51.0 Å². The van der Waals surface area contributed by atoms with Crippen molar-refractivity contribution in [2.45, 2.75) is 58.5 Å². The quantitative estimate of drug-likeness (QED) is 0.248. The van der Waals surface area contributed by atoms with Gasteiger partial charge in [0.15, 0.2) is 0 Å². The molecule has 0 N–H and O–H groups in total. The summed E-state index contributed by atoms with van der Waals surface area (Å²) in [5.74, 6) is 0. The number of aryl methyl sites for hydroxylation is 2. The molecule has 4 heteroatoms. The second-order valence-electron chi connectivity index (χ2n) is 7.06. The molecule has 0 fully saturated rings. The maximum Gasteiger partial charge on any atom is 4.00 e. The van der Waals surface area contributed by atoms with Crippen molar-refractivity contribution in [3.05, 3.63) is 88.0 Å². The Kier molecular flexibility index (Phi) is 17.5. The summed E-state index contributed by atoms with van der Waals surface area (Å²) < 4.78 is 0. The second kappa shape index (κ2) is 16.4. The molecule has 1 aliphatic carbocycles. The van der Waals surface area contributed by atoms with E-state index in [1.165, 1.54) is 55.0 Å². The van der Waals surface area contributed by atoms with Crippen LogP contribution < -0.4 is 24.8 Å². The molecule has 0 saturated carbocycles. The third kappa shape index (κ3) is 8.38. The van der Waals surface area contributed by atoms with Crippen molar-refractivity contribution in [1.29, 1.82) is 0 Å². The van der Waals surface area contributed by atoms with Crippen LogP contribution in [0.3, 0.4) is 0 Å². The Labute approximate surface area is 222 Å². The molecule has 0 aliphatic heterocycles. The first-order chi connectivity index (χ1) is 13.0. The summed E-state index contributed by atoms with van der Waals surface area (Å²) in [4.78, 5) is 0. The third-order valence-corrected chi connectivity index (χ3v) is 7.27. The fourth-order valence-corrected chi connectivity index (χ4v) is 4.59. The second-order valence-corrected chi connectivity index (χ2v) is 11.1. The van der Waals surface area contributed by atoms with Crippen LogP contribution in [0.15, 0.2) is 48.5 Å². The molecule has 0 amide bonds. The fraction of sp³-hybridized carbons (Fsp3) is 0.346. The zero-order valence-electron chi connectivity index (χ0n) is 19.0. The Morgan fingerprint density at radius 2 is 1.47 bits per heavy atom. The van der Waals surface area contributed by atoms with Crippen molar-refractivity contribution >= 4 is 15.4 Å². The zero-order valence-corrected chi connectivity index (χ0v) is 25.1. The van der Waals surface area contributed by atoms with Gasteiger partial charge in [0.2, 0.25) is 0 Å². The molecule has 4 rings (SSSR count). The Morgan fingerprint density at radius 3 is 1.93 bits per heavy atom. The van der Waals surface area contributed by atoms with Gasteiger partial charge < -0.3 is 24.8 Å². The smallest absolute Gasteiger partial charge is 1.00 e. The normalized spacial score (nSPS) is 9.80. The van der Waals surface area contributed by atoms with Crippen LogP contribution in [0.2, 0.25) is 10.5 Å². The van der Waals surface area contributed by atoms with Crippen LogP contribution in [0, 0.1) is 33.8 Å². The molecule has 0 bridgehead atoms. The standard InChI is InChI=1S/C17H17.C5H5.C4H10Ge.2ClH.Zr/c1-10-6-5-7-14-9-15-8-11(2)12(3)13(4)17(15)16(10)14;1-2-4-5-3-1;1-3-5-4-2;;;/h5-7H,9H2,1-4H3;1-5H;3-4H2,1-2H3;2*1H;/q2*-1;;;;+4/p-2. The molecule has 0 unspecified atom stereocenters. The van der Waals surface area contributed by atoms with Crippen molar-refractivity contribution < 1.29 is 51.0 Å². The van der Waals surface area contributed by atoms with Gasteiger partial charge in [-0.25, -0.2) is 12.1 Å². The minimum absolute atomic E-state index is 0. The molecule has 0 aromatic heterocycles. The van der Waals surface area contributed by atoms with Crippen LogP contribution in [0.4, 0.5) is 0 Å². The molecule has 2 radical (unpaired) electrons. The van der Waals surface area contributed by atoms with E-state index in [1.807, 2.05) is 30.3 Å². The van der Waals surface area contributed by atoms with E-state index in [0.717, 1.165) is 6.42 Å². The average molecular weight is 579 g/mol. The monoisotopic (exact) mass is 578 g/mol. The number of halogens is 2. The Balaban J connectivity index is 0. The molecule has 158 valence electrons. The van der Waals surface area contributed by atoms with Gasteiger partial charge in [-0.2, -0.15) is 35.4 Å². The molecule has 0 heterocycles. The topological polar surface area (TPSA) is 0 Å². The summed E-state index contributed by atoms with van der Waals surface area (Å²) in [6.07, 6.45) is 1.05. The maximum absolute atomic E-state index is 3.57. The summed E-state index contributed by atoms with van der Waals surface area (Å²) in [5.41, 5.74) is 11.3. The van der Waals surface area contributed by atoms with E-state index >= 15 is 0 Å². The largest absolute Gasteiger partial charge is 4.00 e. The number of fused-ring (bicyclic) bond motifs is 3. The zero-order chi connectivity index (χ0) is 19.8. The summed E-state index contributed by atoms with van der Waals surface area (Å²) >= 11 is 0.528. The molecule has 3 aromatic carbocycles. The minimum atomic E-state index is 0. The Hall–Kier alpha value is -0.204. The number of hydrogen-bond donors (Lipinski definition) is 0. The van der Waals surface area contributed by atoms with Gasteiger partial charge in [0.1, 0.15) is 0 Å². The van der Waals surface area contributed by atoms with Gasteiger partial charge in [0.05, 0.1) is 0 Å². The van der Waals surface area contributed by atoms with Crippen LogP contribution in [0.25, 0.3) is 11.1 Å². The summed E-state index contributed by atoms with van der Waals surface area (Å²) in [6, 6.07) is 20.2. The summed E-state index contributed by atoms with van der Waals surface area (Å²) in [5, 5.41) is 2.94. The first kappa shape index (κ1) is 32.0. The molecular weight excluding hydrogens is 547 g/mol. The number of hydrogen-bond acceptors (Lipinski definition) is 0. The molecule has 0 spiro atoms. The van der Waals surface area contributed by atoms with Gasteiger partial charge in [-0.3, -0.25) is 0 Å². The predicted molar refractivity (Wildman–Crippen MR) is 121 cm³/mol. The van der Waals surface area contributed by atoms with Crippen LogP contribution in [-0.4, -0.2) is 15.4 Å². The first-order valence-corrected chi connectivity index (χ1v) is 13.0. The molecule has 0 saturated heterocycles. The summed E-state index contributed by atoms with van der Waals surface area (Å²) in [7, 11) is 0. The van der Waals surface area contributed by atoms with Crippen LogP contribution in [0.5, 0.6) is 0 Å². The van der Waals surface area contributed by atoms with E-state index in [4.69, 9.17) is 0 Å². The van der Waals surface area contributed by atoms with E-state index < -0.39 is 0 Å². The molecule has 1 aliphatic rings. The fourth-order valence-electron chi connectivity index (χ4n) is 3.54. The number of benzene rings is 2. The molecule has 0 nitrogen and oxygen atoms in total. The van der Waals surface area contributed by atoms with E-state index in [2.05, 4.69) is 65.8 Å². The summed E-state index contributed by atoms with van der Waals surface area (Å²) in [6.45, 7) is 13.4. The number of rotatable bonds is 2. The van der Waals surface area contributed by atoms with E-state index in [0.29, 0.717) is 15.4 Å². The Bertz CT molecular complexity index is 839. The van der Waals surface area contributed by atoms with Gasteiger partial charge >= 0.3 is 66.0 Å². The first-order valence-electron chi connectivity index (χ1n) is 9.99. The van der Waals surface area contributed by atoms with Gasteiger partial charge in [0.25, 0.3) is 0 Å². The molecular formula is C26H32Cl2GeZr. The van der Waals surface area contributed by atoms with Crippen LogP contribution in [0.1, 0.15) is 47.2 Å².